The van der Waals surface area contributed by atoms with Gasteiger partial charge in [0, 0.05) is 19.1 Å². The summed E-state index contributed by atoms with van der Waals surface area (Å²) in [5.74, 6) is 0.962. The van der Waals surface area contributed by atoms with Gasteiger partial charge in [-0.25, -0.2) is 0 Å². The van der Waals surface area contributed by atoms with Gasteiger partial charge in [0.2, 0.25) is 0 Å². The lowest BCUT2D eigenvalue weighted by Crippen LogP contribution is -2.39. The number of guanidine groups is 1. The van der Waals surface area contributed by atoms with Crippen molar-refractivity contribution in [2.75, 3.05) is 32.7 Å². The van der Waals surface area contributed by atoms with E-state index in [0.717, 1.165) is 45.0 Å². The van der Waals surface area contributed by atoms with Crippen molar-refractivity contribution in [3.63, 3.8) is 0 Å². The Balaban J connectivity index is 1.73. The minimum atomic E-state index is 0.625. The Labute approximate surface area is 141 Å². The smallest absolute Gasteiger partial charge is 0.191 e. The van der Waals surface area contributed by atoms with E-state index < -0.39 is 0 Å². The lowest BCUT2D eigenvalue weighted by atomic mass is 10.1. The van der Waals surface area contributed by atoms with Crippen LogP contribution >= 0.6 is 0 Å². The summed E-state index contributed by atoms with van der Waals surface area (Å²) < 4.78 is 0. The van der Waals surface area contributed by atoms with Crippen molar-refractivity contribution >= 4 is 5.96 Å². The molecule has 2 rings (SSSR count). The van der Waals surface area contributed by atoms with Crippen molar-refractivity contribution in [1.82, 2.24) is 15.5 Å². The minimum absolute atomic E-state index is 0.625. The average molecular weight is 316 g/mol. The first-order valence-electron chi connectivity index (χ1n) is 9.13. The molecule has 1 fully saturated rings. The number of aliphatic imine (C=N–C) groups is 1. The van der Waals surface area contributed by atoms with E-state index in [1.54, 1.807) is 0 Å². The molecule has 4 heteroatoms. The monoisotopic (exact) mass is 316 g/mol. The molecule has 1 saturated heterocycles. The summed E-state index contributed by atoms with van der Waals surface area (Å²) in [6.45, 7) is 9.51. The maximum absolute atomic E-state index is 4.79. The van der Waals surface area contributed by atoms with Crippen molar-refractivity contribution in [2.45, 2.75) is 45.6 Å². The van der Waals surface area contributed by atoms with Gasteiger partial charge in [0.1, 0.15) is 0 Å². The molecule has 2 N–H and O–H groups in total. The molecule has 4 nitrogen and oxygen atoms in total. The second-order valence-electron chi connectivity index (χ2n) is 6.16. The average Bonchev–Trinajstić information content (AvgIpc) is 3.05. The van der Waals surface area contributed by atoms with E-state index >= 15 is 0 Å². The van der Waals surface area contributed by atoms with Crippen molar-refractivity contribution in [2.24, 2.45) is 4.99 Å². The van der Waals surface area contributed by atoms with Crippen molar-refractivity contribution in [3.8, 4) is 0 Å². The number of nitrogens with one attached hydrogen (secondary N) is 2. The fourth-order valence-electron chi connectivity index (χ4n) is 3.20. The number of benzene rings is 1. The molecule has 1 heterocycles. The number of likely N-dealkylation sites (N-methyl/N-ethyl adjacent to an activating group) is 1. The SMILES string of the molecule is CCNC(=NCC1CCCN1CC)NCCCc1ccccc1. The van der Waals surface area contributed by atoms with Crippen LogP contribution in [-0.4, -0.2) is 49.6 Å². The first kappa shape index (κ1) is 17.8. The van der Waals surface area contributed by atoms with Crippen molar-refractivity contribution in [1.29, 1.82) is 0 Å². The van der Waals surface area contributed by atoms with Crippen molar-refractivity contribution < 1.29 is 0 Å². The Morgan fingerprint density at radius 2 is 2.04 bits per heavy atom. The van der Waals surface area contributed by atoms with E-state index in [1.165, 1.54) is 24.9 Å². The number of hydrogen-bond acceptors (Lipinski definition) is 2. The van der Waals surface area contributed by atoms with E-state index in [9.17, 15) is 0 Å². The van der Waals surface area contributed by atoms with Crippen LogP contribution in [0.15, 0.2) is 35.3 Å². The van der Waals surface area contributed by atoms with E-state index in [0.29, 0.717) is 6.04 Å². The number of nitrogens with zero attached hydrogens (tertiary/aromatic N) is 2. The molecule has 0 aromatic heterocycles. The molecular weight excluding hydrogens is 284 g/mol. The molecule has 0 amide bonds. The van der Waals surface area contributed by atoms with Crippen LogP contribution in [0.3, 0.4) is 0 Å². The third kappa shape index (κ3) is 6.22. The summed E-state index contributed by atoms with van der Waals surface area (Å²) in [4.78, 5) is 7.34. The largest absolute Gasteiger partial charge is 0.357 e. The van der Waals surface area contributed by atoms with Gasteiger partial charge in [-0.3, -0.25) is 9.89 Å². The number of hydrogen-bond donors (Lipinski definition) is 2. The third-order valence-electron chi connectivity index (χ3n) is 4.49. The molecule has 1 aliphatic heterocycles. The summed E-state index contributed by atoms with van der Waals surface area (Å²) >= 11 is 0. The topological polar surface area (TPSA) is 39.7 Å². The molecule has 1 aromatic rings. The fourth-order valence-corrected chi connectivity index (χ4v) is 3.20. The second-order valence-corrected chi connectivity index (χ2v) is 6.16. The number of rotatable bonds is 8. The highest BCUT2D eigenvalue weighted by atomic mass is 15.2. The zero-order valence-corrected chi connectivity index (χ0v) is 14.7. The zero-order valence-electron chi connectivity index (χ0n) is 14.7. The van der Waals surface area contributed by atoms with E-state index in [4.69, 9.17) is 4.99 Å². The minimum Gasteiger partial charge on any atom is -0.357 e. The van der Waals surface area contributed by atoms with Crippen LogP contribution in [-0.2, 0) is 6.42 Å². The fraction of sp³-hybridized carbons (Fsp3) is 0.632. The van der Waals surface area contributed by atoms with E-state index in [-0.39, 0.29) is 0 Å². The lowest BCUT2D eigenvalue weighted by Gasteiger charge is -2.21. The highest BCUT2D eigenvalue weighted by molar-refractivity contribution is 5.79. The summed E-state index contributed by atoms with van der Waals surface area (Å²) in [6, 6.07) is 11.3. The highest BCUT2D eigenvalue weighted by Gasteiger charge is 2.22. The van der Waals surface area contributed by atoms with Gasteiger partial charge in [-0.2, -0.15) is 0 Å². The predicted octanol–water partition coefficient (Wildman–Crippen LogP) is 2.66. The molecule has 1 atom stereocenters. The van der Waals surface area contributed by atoms with Gasteiger partial charge < -0.3 is 10.6 Å². The lowest BCUT2D eigenvalue weighted by molar-refractivity contribution is 0.273. The van der Waals surface area contributed by atoms with Crippen LogP contribution in [0.1, 0.15) is 38.7 Å². The van der Waals surface area contributed by atoms with Crippen LogP contribution < -0.4 is 10.6 Å². The predicted molar refractivity (Wildman–Crippen MR) is 99.0 cm³/mol. The second kappa shape index (κ2) is 10.3. The van der Waals surface area contributed by atoms with Crippen LogP contribution in [0.2, 0.25) is 0 Å². The summed E-state index contributed by atoms with van der Waals surface area (Å²) in [6.07, 6.45) is 4.83. The standard InChI is InChI=1S/C19H32N4/c1-3-20-19(22-16-18-13-9-15-23(18)4-2)21-14-8-12-17-10-6-5-7-11-17/h5-7,10-11,18H,3-4,8-9,12-16H2,1-2H3,(H2,20,21,22). The van der Waals surface area contributed by atoms with Crippen LogP contribution in [0.25, 0.3) is 0 Å². The van der Waals surface area contributed by atoms with Gasteiger partial charge >= 0.3 is 0 Å². The number of likely N-dealkylation sites (tertiary alicyclic amines) is 1. The van der Waals surface area contributed by atoms with E-state index in [2.05, 4.69) is 59.7 Å². The van der Waals surface area contributed by atoms with Crippen LogP contribution in [0.5, 0.6) is 0 Å². The first-order valence-corrected chi connectivity index (χ1v) is 9.13. The molecule has 0 aliphatic carbocycles. The summed E-state index contributed by atoms with van der Waals surface area (Å²) in [5, 5.41) is 6.83. The zero-order chi connectivity index (χ0) is 16.3. The van der Waals surface area contributed by atoms with Gasteiger partial charge in [-0.05, 0) is 51.3 Å². The van der Waals surface area contributed by atoms with Crippen LogP contribution in [0, 0.1) is 0 Å². The van der Waals surface area contributed by atoms with E-state index in [1.807, 2.05) is 0 Å². The molecule has 128 valence electrons. The normalized spacial score (nSPS) is 19.0. The Morgan fingerprint density at radius 1 is 1.22 bits per heavy atom. The molecule has 0 radical (unpaired) electrons. The Bertz CT molecular complexity index is 458. The highest BCUT2D eigenvalue weighted by Crippen LogP contribution is 2.16. The van der Waals surface area contributed by atoms with Crippen LogP contribution in [0.4, 0.5) is 0 Å². The molecule has 0 saturated carbocycles. The van der Waals surface area contributed by atoms with Gasteiger partial charge in [0.25, 0.3) is 0 Å². The summed E-state index contributed by atoms with van der Waals surface area (Å²) in [7, 11) is 0. The number of aryl methyl sites for hydroxylation is 1. The molecule has 1 aromatic carbocycles. The Hall–Kier alpha value is -1.55. The molecule has 23 heavy (non-hydrogen) atoms. The first-order chi connectivity index (χ1) is 11.3. The molecule has 1 aliphatic rings. The molecule has 0 bridgehead atoms. The maximum atomic E-state index is 4.79. The Morgan fingerprint density at radius 3 is 2.78 bits per heavy atom. The van der Waals surface area contributed by atoms with Gasteiger partial charge in [-0.15, -0.1) is 0 Å². The van der Waals surface area contributed by atoms with Gasteiger partial charge in [-0.1, -0.05) is 37.3 Å². The Kier molecular flexibility index (Phi) is 7.95. The molecular formula is C19H32N4. The summed E-state index contributed by atoms with van der Waals surface area (Å²) in [5.41, 5.74) is 1.40. The van der Waals surface area contributed by atoms with Crippen molar-refractivity contribution in [3.05, 3.63) is 35.9 Å². The molecule has 1 unspecified atom stereocenters. The maximum Gasteiger partial charge on any atom is 0.191 e. The quantitative estimate of drug-likeness (QED) is 0.440. The molecule has 0 spiro atoms. The third-order valence-corrected chi connectivity index (χ3v) is 4.49. The van der Waals surface area contributed by atoms with Gasteiger partial charge in [0.05, 0.1) is 6.54 Å². The van der Waals surface area contributed by atoms with Gasteiger partial charge in [0.15, 0.2) is 5.96 Å².